The molecular formula is C7H11NO2. The molecule has 0 radical (unpaired) electrons. The van der Waals surface area contributed by atoms with Crippen molar-refractivity contribution in [2.75, 3.05) is 6.54 Å². The fraction of sp³-hybridized carbons (Fsp3) is 0.714. The standard InChI is InChI=1S/C7H11NO2/c1-2-6(9)5-3-4-8-7(5)10/h5H,2-4H2,1H3,(H,8,10)/t5-/m0/s1. The highest BCUT2D eigenvalue weighted by Gasteiger charge is 2.29. The summed E-state index contributed by atoms with van der Waals surface area (Å²) in [4.78, 5) is 21.8. The third-order valence-corrected chi connectivity index (χ3v) is 1.79. The minimum Gasteiger partial charge on any atom is -0.355 e. The quantitative estimate of drug-likeness (QED) is 0.554. The van der Waals surface area contributed by atoms with E-state index in [0.29, 0.717) is 19.4 Å². The smallest absolute Gasteiger partial charge is 0.230 e. The van der Waals surface area contributed by atoms with Gasteiger partial charge >= 0.3 is 0 Å². The molecule has 0 saturated carbocycles. The maximum absolute atomic E-state index is 11.0. The Morgan fingerprint density at radius 2 is 2.50 bits per heavy atom. The molecular weight excluding hydrogens is 130 g/mol. The van der Waals surface area contributed by atoms with Gasteiger partial charge in [-0.25, -0.2) is 0 Å². The molecule has 56 valence electrons. The lowest BCUT2D eigenvalue weighted by atomic mass is 10.0. The lowest BCUT2D eigenvalue weighted by Gasteiger charge is -2.00. The lowest BCUT2D eigenvalue weighted by Crippen LogP contribution is -2.24. The van der Waals surface area contributed by atoms with E-state index in [1.165, 1.54) is 0 Å². The predicted molar refractivity (Wildman–Crippen MR) is 36.4 cm³/mol. The topological polar surface area (TPSA) is 46.2 Å². The molecule has 0 aromatic rings. The first kappa shape index (κ1) is 7.25. The van der Waals surface area contributed by atoms with Crippen LogP contribution in [0.5, 0.6) is 0 Å². The number of rotatable bonds is 2. The van der Waals surface area contributed by atoms with E-state index in [1.807, 2.05) is 0 Å². The Hall–Kier alpha value is -0.860. The van der Waals surface area contributed by atoms with Crippen molar-refractivity contribution in [1.82, 2.24) is 5.32 Å². The number of amides is 1. The molecule has 3 heteroatoms. The van der Waals surface area contributed by atoms with Gasteiger partial charge in [0.15, 0.2) is 0 Å². The summed E-state index contributed by atoms with van der Waals surface area (Å²) in [7, 11) is 0. The third kappa shape index (κ3) is 1.17. The van der Waals surface area contributed by atoms with Crippen molar-refractivity contribution in [2.45, 2.75) is 19.8 Å². The molecule has 1 heterocycles. The van der Waals surface area contributed by atoms with E-state index in [9.17, 15) is 9.59 Å². The molecule has 0 bridgehead atoms. The van der Waals surface area contributed by atoms with Crippen molar-refractivity contribution < 1.29 is 9.59 Å². The number of hydrogen-bond donors (Lipinski definition) is 1. The number of carbonyl (C=O) groups excluding carboxylic acids is 2. The van der Waals surface area contributed by atoms with Gasteiger partial charge in [-0.1, -0.05) is 6.92 Å². The zero-order chi connectivity index (χ0) is 7.56. The molecule has 10 heavy (non-hydrogen) atoms. The van der Waals surface area contributed by atoms with Crippen LogP contribution < -0.4 is 5.32 Å². The molecule has 1 rings (SSSR count). The maximum atomic E-state index is 11.0. The number of nitrogens with one attached hydrogen (secondary N) is 1. The molecule has 0 unspecified atom stereocenters. The molecule has 1 saturated heterocycles. The summed E-state index contributed by atoms with van der Waals surface area (Å²) in [6.45, 7) is 2.45. The van der Waals surface area contributed by atoms with Crippen molar-refractivity contribution in [3.63, 3.8) is 0 Å². The fourth-order valence-corrected chi connectivity index (χ4v) is 1.15. The summed E-state index contributed by atoms with van der Waals surface area (Å²) in [5.41, 5.74) is 0. The molecule has 1 aliphatic rings. The Bertz CT molecular complexity index is 165. The number of ketones is 1. The van der Waals surface area contributed by atoms with Crippen LogP contribution in [0, 0.1) is 5.92 Å². The molecule has 0 aromatic heterocycles. The first-order valence-corrected chi connectivity index (χ1v) is 3.56. The fourth-order valence-electron chi connectivity index (χ4n) is 1.15. The second-order valence-corrected chi connectivity index (χ2v) is 2.45. The van der Waals surface area contributed by atoms with E-state index in [1.54, 1.807) is 6.92 Å². The molecule has 1 atom stereocenters. The second kappa shape index (κ2) is 2.82. The van der Waals surface area contributed by atoms with E-state index in [2.05, 4.69) is 5.32 Å². The van der Waals surface area contributed by atoms with Gasteiger partial charge in [0.05, 0.1) is 5.92 Å². The van der Waals surface area contributed by atoms with E-state index >= 15 is 0 Å². The van der Waals surface area contributed by atoms with Crippen molar-refractivity contribution in [1.29, 1.82) is 0 Å². The largest absolute Gasteiger partial charge is 0.355 e. The number of Topliss-reactive ketones (excluding diaryl/α,β-unsaturated/α-hetero) is 1. The predicted octanol–water partition coefficient (Wildman–Crippen LogP) is 0.102. The van der Waals surface area contributed by atoms with Gasteiger partial charge in [0, 0.05) is 13.0 Å². The molecule has 3 nitrogen and oxygen atoms in total. The van der Waals surface area contributed by atoms with Crippen LogP contribution >= 0.6 is 0 Å². The van der Waals surface area contributed by atoms with Gasteiger partial charge in [-0.05, 0) is 6.42 Å². The normalized spacial score (nSPS) is 24.5. The lowest BCUT2D eigenvalue weighted by molar-refractivity contribution is -0.131. The van der Waals surface area contributed by atoms with Crippen LogP contribution in [-0.2, 0) is 9.59 Å². The van der Waals surface area contributed by atoms with Gasteiger partial charge in [-0.2, -0.15) is 0 Å². The minimum absolute atomic E-state index is 0.0648. The number of carbonyl (C=O) groups is 2. The van der Waals surface area contributed by atoms with E-state index in [-0.39, 0.29) is 17.6 Å². The van der Waals surface area contributed by atoms with E-state index in [0.717, 1.165) is 0 Å². The SMILES string of the molecule is CCC(=O)[C@@H]1CCNC1=O. The van der Waals surface area contributed by atoms with Crippen LogP contribution in [0.2, 0.25) is 0 Å². The van der Waals surface area contributed by atoms with Crippen LogP contribution in [0.3, 0.4) is 0 Å². The average molecular weight is 141 g/mol. The van der Waals surface area contributed by atoms with Gasteiger partial charge < -0.3 is 5.32 Å². The van der Waals surface area contributed by atoms with Crippen LogP contribution in [-0.4, -0.2) is 18.2 Å². The van der Waals surface area contributed by atoms with Gasteiger partial charge in [0.25, 0.3) is 0 Å². The van der Waals surface area contributed by atoms with Crippen LogP contribution in [0.15, 0.2) is 0 Å². The highest BCUT2D eigenvalue weighted by atomic mass is 16.2. The Kier molecular flexibility index (Phi) is 2.04. The highest BCUT2D eigenvalue weighted by Crippen LogP contribution is 2.11. The Labute approximate surface area is 59.8 Å². The molecule has 1 fully saturated rings. The zero-order valence-electron chi connectivity index (χ0n) is 6.02. The van der Waals surface area contributed by atoms with Crippen molar-refractivity contribution in [2.24, 2.45) is 5.92 Å². The summed E-state index contributed by atoms with van der Waals surface area (Å²) >= 11 is 0. The Morgan fingerprint density at radius 3 is 2.90 bits per heavy atom. The van der Waals surface area contributed by atoms with Gasteiger partial charge in [-0.3, -0.25) is 9.59 Å². The Balaban J connectivity index is 2.55. The first-order chi connectivity index (χ1) is 4.75. The van der Waals surface area contributed by atoms with Crippen molar-refractivity contribution in [3.8, 4) is 0 Å². The maximum Gasteiger partial charge on any atom is 0.230 e. The summed E-state index contributed by atoms with van der Waals surface area (Å²) in [5.74, 6) is -0.369. The van der Waals surface area contributed by atoms with Crippen LogP contribution in [0.1, 0.15) is 19.8 Å². The van der Waals surface area contributed by atoms with Gasteiger partial charge in [0.1, 0.15) is 5.78 Å². The molecule has 1 N–H and O–H groups in total. The Morgan fingerprint density at radius 1 is 1.80 bits per heavy atom. The molecule has 1 aliphatic heterocycles. The minimum atomic E-state index is -0.343. The zero-order valence-corrected chi connectivity index (χ0v) is 6.02. The van der Waals surface area contributed by atoms with Gasteiger partial charge in [0.2, 0.25) is 5.91 Å². The monoisotopic (exact) mass is 141 g/mol. The summed E-state index contributed by atoms with van der Waals surface area (Å²) < 4.78 is 0. The average Bonchev–Trinajstić information content (AvgIpc) is 2.34. The molecule has 0 spiro atoms. The summed E-state index contributed by atoms with van der Waals surface area (Å²) in [6, 6.07) is 0. The van der Waals surface area contributed by atoms with Crippen LogP contribution in [0.25, 0.3) is 0 Å². The highest BCUT2D eigenvalue weighted by molar-refractivity contribution is 6.02. The van der Waals surface area contributed by atoms with Crippen molar-refractivity contribution >= 4 is 11.7 Å². The molecule has 1 amide bonds. The first-order valence-electron chi connectivity index (χ1n) is 3.56. The van der Waals surface area contributed by atoms with Crippen LogP contribution in [0.4, 0.5) is 0 Å². The molecule has 0 aliphatic carbocycles. The summed E-state index contributed by atoms with van der Waals surface area (Å²) in [5, 5.41) is 2.63. The molecule has 0 aromatic carbocycles. The summed E-state index contributed by atoms with van der Waals surface area (Å²) in [6.07, 6.45) is 1.16. The number of hydrogen-bond acceptors (Lipinski definition) is 2. The van der Waals surface area contributed by atoms with Gasteiger partial charge in [-0.15, -0.1) is 0 Å². The third-order valence-electron chi connectivity index (χ3n) is 1.79. The van der Waals surface area contributed by atoms with Crippen molar-refractivity contribution in [3.05, 3.63) is 0 Å². The second-order valence-electron chi connectivity index (χ2n) is 2.45. The van der Waals surface area contributed by atoms with E-state index in [4.69, 9.17) is 0 Å². The van der Waals surface area contributed by atoms with E-state index < -0.39 is 0 Å².